The highest BCUT2D eigenvalue weighted by Gasteiger charge is 2.42. The highest BCUT2D eigenvalue weighted by molar-refractivity contribution is 5.68. The Balaban J connectivity index is 1.88. The molecule has 1 amide bonds. The van der Waals surface area contributed by atoms with Gasteiger partial charge in [-0.3, -0.25) is 0 Å². The van der Waals surface area contributed by atoms with Crippen LogP contribution in [0.4, 0.5) is 4.79 Å². The molecule has 3 unspecified atom stereocenters. The molecule has 90 valence electrons. The van der Waals surface area contributed by atoms with Crippen molar-refractivity contribution in [3.63, 3.8) is 0 Å². The van der Waals surface area contributed by atoms with Gasteiger partial charge in [-0.05, 0) is 45.6 Å². The van der Waals surface area contributed by atoms with Crippen molar-refractivity contribution in [3.8, 4) is 0 Å². The number of allylic oxidation sites excluding steroid dienone is 1. The molecule has 2 bridgehead atoms. The Morgan fingerprint density at radius 2 is 2.19 bits per heavy atom. The van der Waals surface area contributed by atoms with Gasteiger partial charge in [-0.1, -0.05) is 0 Å². The Bertz CT molecular complexity index is 330. The lowest BCUT2D eigenvalue weighted by atomic mass is 10.0. The lowest BCUT2D eigenvalue weighted by Gasteiger charge is -2.25. The van der Waals surface area contributed by atoms with Gasteiger partial charge in [-0.2, -0.15) is 0 Å². The van der Waals surface area contributed by atoms with Gasteiger partial charge >= 0.3 is 6.09 Å². The maximum absolute atomic E-state index is 11.6. The summed E-state index contributed by atoms with van der Waals surface area (Å²) in [6.07, 6.45) is 3.37. The molecule has 1 fully saturated rings. The summed E-state index contributed by atoms with van der Waals surface area (Å²) < 4.78 is 5.19. The first-order valence-electron chi connectivity index (χ1n) is 5.75. The van der Waals surface area contributed by atoms with Gasteiger partial charge in [0.25, 0.3) is 0 Å². The highest BCUT2D eigenvalue weighted by Crippen LogP contribution is 2.42. The SMILES string of the molecule is CC(C)(C)OC(=O)NC1CC2C=C(O)C1C2. The van der Waals surface area contributed by atoms with Crippen molar-refractivity contribution in [1.82, 2.24) is 5.32 Å². The zero-order valence-electron chi connectivity index (χ0n) is 9.99. The van der Waals surface area contributed by atoms with Gasteiger partial charge in [0, 0.05) is 12.0 Å². The van der Waals surface area contributed by atoms with E-state index in [0.29, 0.717) is 11.7 Å². The molecular weight excluding hydrogens is 206 g/mol. The Labute approximate surface area is 95.7 Å². The normalized spacial score (nSPS) is 32.4. The number of nitrogens with one attached hydrogen (secondary N) is 1. The van der Waals surface area contributed by atoms with Gasteiger partial charge < -0.3 is 15.2 Å². The average molecular weight is 225 g/mol. The largest absolute Gasteiger partial charge is 0.512 e. The van der Waals surface area contributed by atoms with Crippen LogP contribution in [0.2, 0.25) is 0 Å². The molecule has 0 radical (unpaired) electrons. The standard InChI is InChI=1S/C12H19NO3/c1-12(2,3)16-11(15)13-9-5-7-4-8(9)10(14)6-7/h6-9,14H,4-5H2,1-3H3,(H,13,15). The van der Waals surface area contributed by atoms with E-state index in [9.17, 15) is 9.90 Å². The van der Waals surface area contributed by atoms with Crippen LogP contribution in [0.25, 0.3) is 0 Å². The van der Waals surface area contributed by atoms with Crippen LogP contribution in [0.3, 0.4) is 0 Å². The zero-order valence-corrected chi connectivity index (χ0v) is 9.99. The van der Waals surface area contributed by atoms with E-state index in [2.05, 4.69) is 5.32 Å². The molecule has 0 saturated heterocycles. The van der Waals surface area contributed by atoms with Crippen LogP contribution in [-0.4, -0.2) is 22.8 Å². The number of aliphatic hydroxyl groups excluding tert-OH is 1. The number of amides is 1. The van der Waals surface area contributed by atoms with Crippen LogP contribution in [0.15, 0.2) is 11.8 Å². The molecule has 0 heterocycles. The summed E-state index contributed by atoms with van der Waals surface area (Å²) in [5.74, 6) is 0.944. The molecular formula is C12H19NO3. The van der Waals surface area contributed by atoms with Gasteiger partial charge in [0.2, 0.25) is 0 Å². The first-order valence-corrected chi connectivity index (χ1v) is 5.75. The van der Waals surface area contributed by atoms with Crippen LogP contribution in [0, 0.1) is 11.8 Å². The second-order valence-electron chi connectivity index (χ2n) is 5.68. The third-order valence-electron chi connectivity index (χ3n) is 3.09. The van der Waals surface area contributed by atoms with E-state index >= 15 is 0 Å². The first-order chi connectivity index (χ1) is 7.35. The summed E-state index contributed by atoms with van der Waals surface area (Å²) in [5.41, 5.74) is -0.473. The fourth-order valence-corrected chi connectivity index (χ4v) is 2.52. The van der Waals surface area contributed by atoms with Crippen LogP contribution in [0.1, 0.15) is 33.6 Å². The van der Waals surface area contributed by atoms with E-state index in [1.165, 1.54) is 0 Å². The van der Waals surface area contributed by atoms with E-state index < -0.39 is 11.7 Å². The van der Waals surface area contributed by atoms with E-state index in [1.807, 2.05) is 26.8 Å². The lowest BCUT2D eigenvalue weighted by molar-refractivity contribution is 0.0491. The van der Waals surface area contributed by atoms with Crippen LogP contribution < -0.4 is 5.32 Å². The van der Waals surface area contributed by atoms with Crippen molar-refractivity contribution in [3.05, 3.63) is 11.8 Å². The summed E-state index contributed by atoms with van der Waals surface area (Å²) in [6, 6.07) is 0.0323. The number of hydrogen-bond acceptors (Lipinski definition) is 3. The Morgan fingerprint density at radius 3 is 2.69 bits per heavy atom. The molecule has 2 aliphatic rings. The molecule has 2 rings (SSSR count). The molecule has 2 aliphatic carbocycles. The zero-order chi connectivity index (χ0) is 11.9. The van der Waals surface area contributed by atoms with E-state index in [1.54, 1.807) is 0 Å². The molecule has 2 N–H and O–H groups in total. The predicted octanol–water partition coefficient (Wildman–Crippen LogP) is 2.36. The van der Waals surface area contributed by atoms with Gasteiger partial charge in [-0.15, -0.1) is 0 Å². The van der Waals surface area contributed by atoms with E-state index in [4.69, 9.17) is 4.74 Å². The molecule has 0 aromatic heterocycles. The molecule has 1 saturated carbocycles. The predicted molar refractivity (Wildman–Crippen MR) is 60.1 cm³/mol. The Hall–Kier alpha value is -1.19. The van der Waals surface area contributed by atoms with Crippen LogP contribution >= 0.6 is 0 Å². The molecule has 4 heteroatoms. The minimum Gasteiger partial charge on any atom is -0.512 e. The summed E-state index contributed by atoms with van der Waals surface area (Å²) in [6.45, 7) is 5.51. The smallest absolute Gasteiger partial charge is 0.407 e. The van der Waals surface area contributed by atoms with Crippen molar-refractivity contribution in [2.24, 2.45) is 11.8 Å². The molecule has 16 heavy (non-hydrogen) atoms. The third kappa shape index (κ3) is 2.31. The van der Waals surface area contributed by atoms with E-state index in [0.717, 1.165) is 12.8 Å². The monoisotopic (exact) mass is 225 g/mol. The van der Waals surface area contributed by atoms with Gasteiger partial charge in [0.15, 0.2) is 0 Å². The van der Waals surface area contributed by atoms with Crippen molar-refractivity contribution in [2.75, 3.05) is 0 Å². The fourth-order valence-electron chi connectivity index (χ4n) is 2.52. The minimum absolute atomic E-state index is 0.0323. The molecule has 0 aliphatic heterocycles. The minimum atomic E-state index is -0.473. The van der Waals surface area contributed by atoms with Gasteiger partial charge in [-0.25, -0.2) is 4.79 Å². The Kier molecular flexibility index (Phi) is 2.60. The van der Waals surface area contributed by atoms with Crippen molar-refractivity contribution >= 4 is 6.09 Å². The van der Waals surface area contributed by atoms with Gasteiger partial charge in [0.1, 0.15) is 5.60 Å². The number of fused-ring (bicyclic) bond motifs is 2. The van der Waals surface area contributed by atoms with Crippen molar-refractivity contribution in [1.29, 1.82) is 0 Å². The number of rotatable bonds is 1. The summed E-state index contributed by atoms with van der Waals surface area (Å²) in [5, 5.41) is 12.4. The highest BCUT2D eigenvalue weighted by atomic mass is 16.6. The molecule has 0 aromatic rings. The van der Waals surface area contributed by atoms with E-state index in [-0.39, 0.29) is 12.0 Å². The molecule has 3 atom stereocenters. The van der Waals surface area contributed by atoms with Crippen LogP contribution in [0.5, 0.6) is 0 Å². The molecule has 0 aromatic carbocycles. The van der Waals surface area contributed by atoms with Crippen molar-refractivity contribution in [2.45, 2.75) is 45.3 Å². The number of carbonyl (C=O) groups is 1. The number of aliphatic hydroxyl groups is 1. The molecule has 0 spiro atoms. The number of alkyl carbamates (subject to hydrolysis) is 1. The summed E-state index contributed by atoms with van der Waals surface area (Å²) in [4.78, 5) is 11.6. The van der Waals surface area contributed by atoms with Crippen LogP contribution in [-0.2, 0) is 4.74 Å². The maximum Gasteiger partial charge on any atom is 0.407 e. The second kappa shape index (κ2) is 3.68. The summed E-state index contributed by atoms with van der Waals surface area (Å²) >= 11 is 0. The number of ether oxygens (including phenoxy) is 1. The molecule has 4 nitrogen and oxygen atoms in total. The number of hydrogen-bond donors (Lipinski definition) is 2. The number of carbonyl (C=O) groups excluding carboxylic acids is 1. The maximum atomic E-state index is 11.6. The fraction of sp³-hybridized carbons (Fsp3) is 0.750. The Morgan fingerprint density at radius 1 is 1.50 bits per heavy atom. The van der Waals surface area contributed by atoms with Crippen molar-refractivity contribution < 1.29 is 14.6 Å². The summed E-state index contributed by atoms with van der Waals surface area (Å²) in [7, 11) is 0. The quantitative estimate of drug-likeness (QED) is 0.720. The average Bonchev–Trinajstić information content (AvgIpc) is 2.57. The lowest BCUT2D eigenvalue weighted by Crippen LogP contribution is -2.41. The first kappa shape index (κ1) is 11.3. The van der Waals surface area contributed by atoms with Gasteiger partial charge in [0.05, 0.1) is 5.76 Å². The third-order valence-corrected chi connectivity index (χ3v) is 3.09. The topological polar surface area (TPSA) is 58.6 Å². The second-order valence-corrected chi connectivity index (χ2v) is 5.68.